The number of guanidine groups is 1. The van der Waals surface area contributed by atoms with Gasteiger partial charge in [-0.25, -0.2) is 0 Å². The SMILES string of the molecule is FC(F)(F)COCCNC1=NCCCN1. The molecule has 1 aliphatic rings. The molecule has 0 radical (unpaired) electrons. The van der Waals surface area contributed by atoms with Gasteiger partial charge in [-0.3, -0.25) is 4.99 Å². The molecule has 1 heterocycles. The second kappa shape index (κ2) is 5.79. The van der Waals surface area contributed by atoms with E-state index in [0.717, 1.165) is 19.5 Å². The van der Waals surface area contributed by atoms with Gasteiger partial charge in [0.15, 0.2) is 5.96 Å². The number of hydrogen-bond acceptors (Lipinski definition) is 4. The Labute approximate surface area is 85.9 Å². The highest BCUT2D eigenvalue weighted by molar-refractivity contribution is 5.80. The van der Waals surface area contributed by atoms with E-state index < -0.39 is 12.8 Å². The van der Waals surface area contributed by atoms with Gasteiger partial charge in [-0.15, -0.1) is 0 Å². The molecule has 0 aliphatic carbocycles. The van der Waals surface area contributed by atoms with E-state index in [1.165, 1.54) is 0 Å². The van der Waals surface area contributed by atoms with E-state index in [1.54, 1.807) is 0 Å². The Balaban J connectivity index is 1.99. The summed E-state index contributed by atoms with van der Waals surface area (Å²) in [5.74, 6) is 0.636. The molecule has 4 nitrogen and oxygen atoms in total. The second-order valence-corrected chi connectivity index (χ2v) is 3.11. The fourth-order valence-corrected chi connectivity index (χ4v) is 1.08. The number of aliphatic imine (C=N–C) groups is 1. The van der Waals surface area contributed by atoms with Crippen LogP contribution in [0.2, 0.25) is 0 Å². The topological polar surface area (TPSA) is 45.6 Å². The number of nitrogens with one attached hydrogen (secondary N) is 2. The molecule has 0 aromatic heterocycles. The molecule has 0 saturated carbocycles. The summed E-state index contributed by atoms with van der Waals surface area (Å²) in [5.41, 5.74) is 0. The van der Waals surface area contributed by atoms with Crippen molar-refractivity contribution in [1.29, 1.82) is 0 Å². The molecule has 0 aromatic rings. The van der Waals surface area contributed by atoms with Gasteiger partial charge in [0.05, 0.1) is 6.61 Å². The lowest BCUT2D eigenvalue weighted by molar-refractivity contribution is -0.173. The van der Waals surface area contributed by atoms with Crippen molar-refractivity contribution in [2.75, 3.05) is 32.8 Å². The van der Waals surface area contributed by atoms with Crippen molar-refractivity contribution >= 4 is 5.96 Å². The van der Waals surface area contributed by atoms with E-state index in [2.05, 4.69) is 20.4 Å². The predicted molar refractivity (Wildman–Crippen MR) is 49.8 cm³/mol. The third-order valence-electron chi connectivity index (χ3n) is 1.70. The number of halogens is 3. The third-order valence-corrected chi connectivity index (χ3v) is 1.70. The molecule has 7 heteroatoms. The molecule has 1 aliphatic heterocycles. The van der Waals surface area contributed by atoms with Crippen LogP contribution in [0, 0.1) is 0 Å². The van der Waals surface area contributed by atoms with Gasteiger partial charge in [0.1, 0.15) is 6.61 Å². The number of rotatable bonds is 4. The molecular weight excluding hydrogens is 211 g/mol. The van der Waals surface area contributed by atoms with Crippen molar-refractivity contribution in [3.05, 3.63) is 0 Å². The van der Waals surface area contributed by atoms with Gasteiger partial charge >= 0.3 is 6.18 Å². The first kappa shape index (κ1) is 12.1. The van der Waals surface area contributed by atoms with Gasteiger partial charge in [-0.2, -0.15) is 13.2 Å². The van der Waals surface area contributed by atoms with Crippen molar-refractivity contribution in [2.45, 2.75) is 12.6 Å². The predicted octanol–water partition coefficient (Wildman–Crippen LogP) is 0.504. The Bertz CT molecular complexity index is 218. The van der Waals surface area contributed by atoms with Crippen molar-refractivity contribution in [3.8, 4) is 0 Å². The minimum atomic E-state index is -4.25. The van der Waals surface area contributed by atoms with Crippen LogP contribution in [0.15, 0.2) is 4.99 Å². The summed E-state index contributed by atoms with van der Waals surface area (Å²) in [6.45, 7) is 0.727. The van der Waals surface area contributed by atoms with Crippen LogP contribution < -0.4 is 10.6 Å². The van der Waals surface area contributed by atoms with E-state index in [9.17, 15) is 13.2 Å². The summed E-state index contributed by atoms with van der Waals surface area (Å²) in [6, 6.07) is 0. The fourth-order valence-electron chi connectivity index (χ4n) is 1.08. The maximum absolute atomic E-state index is 11.7. The highest BCUT2D eigenvalue weighted by atomic mass is 19.4. The number of hydrogen-bond donors (Lipinski definition) is 2. The lowest BCUT2D eigenvalue weighted by atomic mass is 10.4. The minimum absolute atomic E-state index is 0.0141. The van der Waals surface area contributed by atoms with Gasteiger partial charge in [-0.1, -0.05) is 0 Å². The minimum Gasteiger partial charge on any atom is -0.370 e. The highest BCUT2D eigenvalue weighted by Crippen LogP contribution is 2.13. The molecule has 0 unspecified atom stereocenters. The average molecular weight is 225 g/mol. The van der Waals surface area contributed by atoms with Gasteiger partial charge < -0.3 is 15.4 Å². The van der Waals surface area contributed by atoms with Crippen LogP contribution in [0.25, 0.3) is 0 Å². The molecule has 2 N–H and O–H groups in total. The Morgan fingerprint density at radius 3 is 2.87 bits per heavy atom. The van der Waals surface area contributed by atoms with E-state index in [4.69, 9.17) is 0 Å². The maximum Gasteiger partial charge on any atom is 0.411 e. The Hall–Kier alpha value is -0.980. The summed E-state index contributed by atoms with van der Waals surface area (Å²) < 4.78 is 39.4. The molecule has 0 aromatic carbocycles. The van der Waals surface area contributed by atoms with Crippen molar-refractivity contribution in [2.24, 2.45) is 4.99 Å². The van der Waals surface area contributed by atoms with Crippen molar-refractivity contribution in [1.82, 2.24) is 10.6 Å². The first-order chi connectivity index (χ1) is 7.08. The summed E-state index contributed by atoms with van der Waals surface area (Å²) in [5, 5.41) is 5.84. The van der Waals surface area contributed by atoms with Crippen molar-refractivity contribution in [3.63, 3.8) is 0 Å². The highest BCUT2D eigenvalue weighted by Gasteiger charge is 2.27. The van der Waals surface area contributed by atoms with Gasteiger partial charge in [0.25, 0.3) is 0 Å². The van der Waals surface area contributed by atoms with Gasteiger partial charge in [0, 0.05) is 19.6 Å². The van der Waals surface area contributed by atoms with Crippen molar-refractivity contribution < 1.29 is 17.9 Å². The standard InChI is InChI=1S/C8H14F3N3O/c9-8(10,11)6-15-5-4-14-7-12-2-1-3-13-7/h1-6H2,(H2,12,13,14). The number of alkyl halides is 3. The van der Waals surface area contributed by atoms with Gasteiger partial charge in [0.2, 0.25) is 0 Å². The summed E-state index contributed by atoms with van der Waals surface area (Å²) in [7, 11) is 0. The Morgan fingerprint density at radius 2 is 2.27 bits per heavy atom. The molecule has 0 bridgehead atoms. The molecule has 15 heavy (non-hydrogen) atoms. The lowest BCUT2D eigenvalue weighted by Crippen LogP contribution is -2.42. The molecular formula is C8H14F3N3O. The lowest BCUT2D eigenvalue weighted by Gasteiger charge is -2.16. The molecule has 0 atom stereocenters. The molecule has 1 rings (SSSR count). The zero-order valence-corrected chi connectivity index (χ0v) is 8.23. The molecule has 0 fully saturated rings. The van der Waals surface area contributed by atoms with Crippen LogP contribution in [-0.4, -0.2) is 45.0 Å². The van der Waals surface area contributed by atoms with E-state index in [1.807, 2.05) is 0 Å². The van der Waals surface area contributed by atoms with Gasteiger partial charge in [-0.05, 0) is 6.42 Å². The monoisotopic (exact) mass is 225 g/mol. The van der Waals surface area contributed by atoms with Crippen LogP contribution in [0.4, 0.5) is 13.2 Å². The van der Waals surface area contributed by atoms with Crippen LogP contribution >= 0.6 is 0 Å². The maximum atomic E-state index is 11.7. The zero-order valence-electron chi connectivity index (χ0n) is 8.23. The molecule has 0 saturated heterocycles. The quantitative estimate of drug-likeness (QED) is 0.685. The van der Waals surface area contributed by atoms with Crippen LogP contribution in [0.5, 0.6) is 0 Å². The van der Waals surface area contributed by atoms with Crippen LogP contribution in [-0.2, 0) is 4.74 Å². The normalized spacial score (nSPS) is 16.9. The Morgan fingerprint density at radius 1 is 1.47 bits per heavy atom. The number of nitrogens with zero attached hydrogens (tertiary/aromatic N) is 1. The van der Waals surface area contributed by atoms with E-state index in [0.29, 0.717) is 12.5 Å². The van der Waals surface area contributed by atoms with Crippen LogP contribution in [0.3, 0.4) is 0 Å². The largest absolute Gasteiger partial charge is 0.411 e. The first-order valence-corrected chi connectivity index (χ1v) is 4.74. The number of ether oxygens (including phenoxy) is 1. The summed E-state index contributed by atoms with van der Waals surface area (Å²) in [4.78, 5) is 4.09. The summed E-state index contributed by atoms with van der Waals surface area (Å²) >= 11 is 0. The Kier molecular flexibility index (Phi) is 4.67. The van der Waals surface area contributed by atoms with E-state index >= 15 is 0 Å². The third kappa shape index (κ3) is 6.16. The molecule has 88 valence electrons. The van der Waals surface area contributed by atoms with E-state index in [-0.39, 0.29) is 6.61 Å². The smallest absolute Gasteiger partial charge is 0.370 e. The second-order valence-electron chi connectivity index (χ2n) is 3.11. The first-order valence-electron chi connectivity index (χ1n) is 4.74. The average Bonchev–Trinajstić information content (AvgIpc) is 2.17. The van der Waals surface area contributed by atoms with Crippen LogP contribution in [0.1, 0.15) is 6.42 Å². The molecule has 0 spiro atoms. The fraction of sp³-hybridized carbons (Fsp3) is 0.875. The summed E-state index contributed by atoms with van der Waals surface area (Å²) in [6.07, 6.45) is -3.27. The zero-order chi connectivity index (χ0) is 11.1. The molecule has 0 amide bonds.